The Balaban J connectivity index is 2.13. The monoisotopic (exact) mass is 287 g/mol. The predicted molar refractivity (Wildman–Crippen MR) is 78.4 cm³/mol. The summed E-state index contributed by atoms with van der Waals surface area (Å²) in [7, 11) is -3.09. The number of primary amides is 1. The van der Waals surface area contributed by atoms with E-state index in [-0.39, 0.29) is 12.6 Å². The van der Waals surface area contributed by atoms with Crippen molar-refractivity contribution in [2.45, 2.75) is 6.42 Å². The number of rotatable bonds is 3. The molecule has 3 rings (SSSR count). The maximum Gasteiger partial charge on any atom is 0.278 e. The highest BCUT2D eigenvalue weighted by Gasteiger charge is 2.35. The molecule has 1 unspecified atom stereocenters. The van der Waals surface area contributed by atoms with Crippen molar-refractivity contribution in [3.05, 3.63) is 48.5 Å². The first kappa shape index (κ1) is 12.9. The lowest BCUT2D eigenvalue weighted by Crippen LogP contribution is -2.22. The van der Waals surface area contributed by atoms with E-state index in [0.717, 1.165) is 11.1 Å². The van der Waals surface area contributed by atoms with Crippen LogP contribution in [0.15, 0.2) is 48.5 Å². The molecule has 0 fully saturated rings. The van der Waals surface area contributed by atoms with Crippen LogP contribution in [0.3, 0.4) is 0 Å². The summed E-state index contributed by atoms with van der Waals surface area (Å²) in [6.07, 6.45) is 0.182. The maximum absolute atomic E-state index is 13.1. The van der Waals surface area contributed by atoms with Gasteiger partial charge in [0.15, 0.2) is 0 Å². The summed E-state index contributed by atoms with van der Waals surface area (Å²) in [6, 6.07) is 14.9. The van der Waals surface area contributed by atoms with Crippen LogP contribution in [0.4, 0.5) is 0 Å². The summed E-state index contributed by atoms with van der Waals surface area (Å²) >= 11 is 0. The summed E-state index contributed by atoms with van der Waals surface area (Å²) < 4.78 is 18.8. The van der Waals surface area contributed by atoms with E-state index in [4.69, 9.17) is 10.3 Å². The highest BCUT2D eigenvalue weighted by molar-refractivity contribution is 7.67. The minimum Gasteiger partial charge on any atom is -0.439 e. The Labute approximate surface area is 117 Å². The second kappa shape index (κ2) is 4.80. The second-order valence-electron chi connectivity index (χ2n) is 4.72. The van der Waals surface area contributed by atoms with Gasteiger partial charge in [-0.25, -0.2) is 0 Å². The molecule has 0 bridgehead atoms. The van der Waals surface area contributed by atoms with Crippen molar-refractivity contribution < 1.29 is 13.9 Å². The van der Waals surface area contributed by atoms with E-state index >= 15 is 0 Å². The molecular weight excluding hydrogens is 273 g/mol. The number of nitrogens with two attached hydrogens (primary N) is 1. The summed E-state index contributed by atoms with van der Waals surface area (Å²) in [4.78, 5) is 11.0. The number of amides is 1. The topological polar surface area (TPSA) is 69.4 Å². The van der Waals surface area contributed by atoms with E-state index in [0.29, 0.717) is 11.1 Å². The average molecular weight is 287 g/mol. The smallest absolute Gasteiger partial charge is 0.278 e. The zero-order chi connectivity index (χ0) is 14.2. The lowest BCUT2D eigenvalue weighted by molar-refractivity contribution is -0.117. The van der Waals surface area contributed by atoms with Crippen LogP contribution < -0.4 is 15.6 Å². The molecule has 0 saturated carbocycles. The quantitative estimate of drug-likeness (QED) is 0.882. The van der Waals surface area contributed by atoms with E-state index in [1.807, 2.05) is 36.4 Å². The molecule has 102 valence electrons. The average Bonchev–Trinajstić information content (AvgIpc) is 2.46. The van der Waals surface area contributed by atoms with Gasteiger partial charge in [0.2, 0.25) is 5.91 Å². The van der Waals surface area contributed by atoms with Crippen LogP contribution in [0.5, 0.6) is 5.75 Å². The largest absolute Gasteiger partial charge is 0.439 e. The van der Waals surface area contributed by atoms with Gasteiger partial charge in [-0.3, -0.25) is 9.36 Å². The molecule has 2 aromatic carbocycles. The van der Waals surface area contributed by atoms with Crippen molar-refractivity contribution in [3.63, 3.8) is 0 Å². The highest BCUT2D eigenvalue weighted by atomic mass is 31.2. The Kier molecular flexibility index (Phi) is 3.11. The first-order valence-corrected chi connectivity index (χ1v) is 8.17. The van der Waals surface area contributed by atoms with Crippen molar-refractivity contribution >= 4 is 18.6 Å². The third-order valence-corrected chi connectivity index (χ3v) is 5.77. The molecular formula is C15H14NO3P. The highest BCUT2D eigenvalue weighted by Crippen LogP contribution is 2.54. The molecule has 2 N–H and O–H groups in total. The van der Waals surface area contributed by atoms with Crippen molar-refractivity contribution in [3.8, 4) is 16.9 Å². The summed E-state index contributed by atoms with van der Waals surface area (Å²) in [5.74, 6) is 0.124. The maximum atomic E-state index is 13.1. The fraction of sp³-hybridized carbons (Fsp3) is 0.133. The Morgan fingerprint density at radius 2 is 1.70 bits per heavy atom. The third-order valence-electron chi connectivity index (χ3n) is 3.35. The van der Waals surface area contributed by atoms with Gasteiger partial charge in [-0.05, 0) is 17.7 Å². The third kappa shape index (κ3) is 2.12. The fourth-order valence-electron chi connectivity index (χ4n) is 2.40. The number of fused-ring (bicyclic) bond motifs is 3. The van der Waals surface area contributed by atoms with Crippen LogP contribution in [0.2, 0.25) is 0 Å². The number of benzene rings is 2. The molecule has 0 aromatic heterocycles. The first-order valence-electron chi connectivity index (χ1n) is 6.36. The predicted octanol–water partition coefficient (Wildman–Crippen LogP) is 2.52. The minimum absolute atomic E-state index is 0.0494. The normalized spacial score (nSPS) is 19.6. The van der Waals surface area contributed by atoms with Gasteiger partial charge in [0.25, 0.3) is 7.37 Å². The van der Waals surface area contributed by atoms with E-state index < -0.39 is 13.3 Å². The Hall–Kier alpha value is -2.06. The van der Waals surface area contributed by atoms with Gasteiger partial charge < -0.3 is 10.3 Å². The summed E-state index contributed by atoms with van der Waals surface area (Å²) in [6.45, 7) is 0. The van der Waals surface area contributed by atoms with Crippen LogP contribution in [-0.2, 0) is 9.36 Å². The molecule has 0 aliphatic carbocycles. The number of hydrogen-bond acceptors (Lipinski definition) is 3. The van der Waals surface area contributed by atoms with Gasteiger partial charge >= 0.3 is 0 Å². The zero-order valence-electron chi connectivity index (χ0n) is 10.8. The number of carbonyl (C=O) groups is 1. The van der Waals surface area contributed by atoms with E-state index in [9.17, 15) is 9.36 Å². The SMILES string of the molecule is NC(=O)CCP1(=O)Oc2ccccc2-c2ccccc21. The van der Waals surface area contributed by atoms with Crippen molar-refractivity contribution in [2.24, 2.45) is 5.73 Å². The van der Waals surface area contributed by atoms with Crippen LogP contribution in [0.25, 0.3) is 11.1 Å². The summed E-state index contributed by atoms with van der Waals surface area (Å²) in [5, 5.41) is 0.667. The van der Waals surface area contributed by atoms with E-state index in [1.165, 1.54) is 0 Å². The molecule has 1 aliphatic rings. The lowest BCUT2D eigenvalue weighted by atomic mass is 10.0. The Bertz CT molecular complexity index is 727. The van der Waals surface area contributed by atoms with Gasteiger partial charge in [-0.2, -0.15) is 0 Å². The van der Waals surface area contributed by atoms with Crippen LogP contribution in [0.1, 0.15) is 6.42 Å². The minimum atomic E-state index is -3.09. The first-order chi connectivity index (χ1) is 9.60. The molecule has 20 heavy (non-hydrogen) atoms. The van der Waals surface area contributed by atoms with Gasteiger partial charge in [-0.15, -0.1) is 0 Å². The van der Waals surface area contributed by atoms with Crippen molar-refractivity contribution in [1.29, 1.82) is 0 Å². The van der Waals surface area contributed by atoms with Gasteiger partial charge in [0.1, 0.15) is 5.75 Å². The van der Waals surface area contributed by atoms with E-state index in [1.54, 1.807) is 12.1 Å². The van der Waals surface area contributed by atoms with Crippen molar-refractivity contribution in [1.82, 2.24) is 0 Å². The Morgan fingerprint density at radius 1 is 1.05 bits per heavy atom. The second-order valence-corrected chi connectivity index (χ2v) is 7.18. The molecule has 1 aliphatic heterocycles. The molecule has 0 saturated heterocycles. The molecule has 0 spiro atoms. The Morgan fingerprint density at radius 3 is 2.45 bits per heavy atom. The zero-order valence-corrected chi connectivity index (χ0v) is 11.7. The van der Waals surface area contributed by atoms with Crippen LogP contribution >= 0.6 is 7.37 Å². The molecule has 2 aromatic rings. The molecule has 5 heteroatoms. The van der Waals surface area contributed by atoms with Gasteiger partial charge in [0, 0.05) is 18.1 Å². The van der Waals surface area contributed by atoms with Gasteiger partial charge in [-0.1, -0.05) is 36.4 Å². The summed E-state index contributed by atoms with van der Waals surface area (Å²) in [5.41, 5.74) is 7.00. The fourth-order valence-corrected chi connectivity index (χ4v) is 4.70. The molecule has 1 amide bonds. The molecule has 0 radical (unpaired) electrons. The molecule has 4 nitrogen and oxygen atoms in total. The number of carbonyl (C=O) groups excluding carboxylic acids is 1. The molecule has 1 heterocycles. The van der Waals surface area contributed by atoms with Crippen molar-refractivity contribution in [2.75, 3.05) is 6.16 Å². The van der Waals surface area contributed by atoms with E-state index in [2.05, 4.69) is 0 Å². The van der Waals surface area contributed by atoms with Crippen LogP contribution in [0, 0.1) is 0 Å². The lowest BCUT2D eigenvalue weighted by Gasteiger charge is -2.28. The number of para-hydroxylation sites is 1. The van der Waals surface area contributed by atoms with Crippen LogP contribution in [-0.4, -0.2) is 12.1 Å². The number of hydrogen-bond donors (Lipinski definition) is 1. The molecule has 1 atom stereocenters. The van der Waals surface area contributed by atoms with Gasteiger partial charge in [0.05, 0.1) is 5.30 Å². The standard InChI is InChI=1S/C15H14NO3P/c16-15(17)9-10-20(18)14-8-4-2-6-12(14)11-5-1-3-7-13(11)19-20/h1-8H,9-10H2,(H2,16,17).